The molecule has 0 saturated carbocycles. The number of halogens is 1. The zero-order valence-electron chi connectivity index (χ0n) is 13.4. The molecule has 0 aliphatic carbocycles. The van der Waals surface area contributed by atoms with Gasteiger partial charge in [0.25, 0.3) is 5.91 Å². The fraction of sp³-hybridized carbons (Fsp3) is 0.294. The minimum absolute atomic E-state index is 0. The first kappa shape index (κ1) is 18.4. The van der Waals surface area contributed by atoms with E-state index < -0.39 is 0 Å². The first-order valence-corrected chi connectivity index (χ1v) is 8.42. The van der Waals surface area contributed by atoms with Gasteiger partial charge >= 0.3 is 0 Å². The van der Waals surface area contributed by atoms with E-state index in [9.17, 15) is 9.59 Å². The van der Waals surface area contributed by atoms with Gasteiger partial charge in [0.2, 0.25) is 5.91 Å². The molecule has 1 aliphatic rings. The van der Waals surface area contributed by atoms with E-state index in [0.29, 0.717) is 17.8 Å². The van der Waals surface area contributed by atoms with Gasteiger partial charge in [-0.1, -0.05) is 6.07 Å². The number of carbonyl (C=O) groups excluding carboxylic acids is 2. The Balaban J connectivity index is 0.00000208. The Morgan fingerprint density at radius 2 is 2.12 bits per heavy atom. The summed E-state index contributed by atoms with van der Waals surface area (Å²) in [5, 5.41) is 4.81. The van der Waals surface area contributed by atoms with Crippen molar-refractivity contribution in [3.8, 4) is 0 Å². The summed E-state index contributed by atoms with van der Waals surface area (Å²) in [5.74, 6) is -0.262. The van der Waals surface area contributed by atoms with Crippen LogP contribution in [0.3, 0.4) is 0 Å². The number of nitrogens with one attached hydrogen (secondary N) is 1. The first-order chi connectivity index (χ1) is 11.1. The van der Waals surface area contributed by atoms with Gasteiger partial charge in [-0.3, -0.25) is 9.59 Å². The van der Waals surface area contributed by atoms with Crippen LogP contribution in [0.15, 0.2) is 29.6 Å². The van der Waals surface area contributed by atoms with Crippen molar-refractivity contribution in [1.29, 1.82) is 0 Å². The fourth-order valence-corrected chi connectivity index (χ4v) is 3.69. The highest BCUT2D eigenvalue weighted by atomic mass is 35.5. The van der Waals surface area contributed by atoms with Gasteiger partial charge in [-0.15, -0.1) is 23.7 Å². The molecule has 24 heavy (non-hydrogen) atoms. The minimum atomic E-state index is -0.265. The zero-order valence-corrected chi connectivity index (χ0v) is 15.0. The summed E-state index contributed by atoms with van der Waals surface area (Å²) >= 11 is 1.75. The molecular weight excluding hydrogens is 346 g/mol. The van der Waals surface area contributed by atoms with Gasteiger partial charge < -0.3 is 16.0 Å². The predicted octanol–water partition coefficient (Wildman–Crippen LogP) is 2.57. The lowest BCUT2D eigenvalue weighted by atomic mass is 10.0. The molecule has 2 amide bonds. The molecule has 0 unspecified atom stereocenters. The Bertz CT molecular complexity index is 760. The third-order valence-electron chi connectivity index (χ3n) is 4.12. The lowest BCUT2D eigenvalue weighted by Gasteiger charge is -2.28. The standard InChI is InChI=1S/C17H19N3O2S.ClH/c1-11-13(3-2-4-14(11)19-16(21)9-18)17(22)20-7-5-15-12(10-20)6-8-23-15;/h2-4,6,8H,5,7,9-10,18H2,1H3,(H,19,21);1H. The van der Waals surface area contributed by atoms with Gasteiger partial charge in [0.1, 0.15) is 0 Å². The Hall–Kier alpha value is -1.89. The van der Waals surface area contributed by atoms with Crippen LogP contribution in [-0.4, -0.2) is 29.8 Å². The third-order valence-corrected chi connectivity index (χ3v) is 5.14. The summed E-state index contributed by atoms with van der Waals surface area (Å²) in [4.78, 5) is 27.6. The number of hydrogen-bond acceptors (Lipinski definition) is 4. The Kier molecular flexibility index (Phi) is 5.99. The second-order valence-corrected chi connectivity index (χ2v) is 6.58. The largest absolute Gasteiger partial charge is 0.334 e. The van der Waals surface area contributed by atoms with Crippen molar-refractivity contribution in [2.24, 2.45) is 5.73 Å². The van der Waals surface area contributed by atoms with Gasteiger partial charge in [0.15, 0.2) is 0 Å². The average molecular weight is 366 g/mol. The highest BCUT2D eigenvalue weighted by Gasteiger charge is 2.24. The first-order valence-electron chi connectivity index (χ1n) is 7.54. The molecule has 5 nitrogen and oxygen atoms in total. The number of hydrogen-bond donors (Lipinski definition) is 2. The van der Waals surface area contributed by atoms with Gasteiger partial charge in [0, 0.05) is 29.2 Å². The monoisotopic (exact) mass is 365 g/mol. The number of rotatable bonds is 3. The summed E-state index contributed by atoms with van der Waals surface area (Å²) in [7, 11) is 0. The van der Waals surface area contributed by atoms with Crippen LogP contribution in [-0.2, 0) is 17.8 Å². The van der Waals surface area contributed by atoms with Gasteiger partial charge in [-0.05, 0) is 48.1 Å². The molecule has 1 aliphatic heterocycles. The molecule has 0 saturated heterocycles. The van der Waals surface area contributed by atoms with Crippen LogP contribution in [0.4, 0.5) is 5.69 Å². The van der Waals surface area contributed by atoms with E-state index in [2.05, 4.69) is 16.8 Å². The van der Waals surface area contributed by atoms with Crippen LogP contribution in [0.5, 0.6) is 0 Å². The SMILES string of the molecule is Cc1c(NC(=O)CN)cccc1C(=O)N1CCc2sccc2C1.Cl. The number of nitrogens with zero attached hydrogens (tertiary/aromatic N) is 1. The summed E-state index contributed by atoms with van der Waals surface area (Å²) in [6, 6.07) is 7.46. The number of carbonyl (C=O) groups is 2. The maximum Gasteiger partial charge on any atom is 0.254 e. The van der Waals surface area contributed by atoms with Gasteiger partial charge in [0.05, 0.1) is 6.54 Å². The van der Waals surface area contributed by atoms with Crippen LogP contribution in [0, 0.1) is 6.92 Å². The van der Waals surface area contributed by atoms with Gasteiger partial charge in [-0.2, -0.15) is 0 Å². The van der Waals surface area contributed by atoms with E-state index in [0.717, 1.165) is 18.5 Å². The molecule has 2 heterocycles. The molecule has 7 heteroatoms. The van der Waals surface area contributed by atoms with E-state index in [-0.39, 0.29) is 30.8 Å². The predicted molar refractivity (Wildman–Crippen MR) is 98.9 cm³/mol. The maximum absolute atomic E-state index is 12.9. The molecule has 128 valence electrons. The summed E-state index contributed by atoms with van der Waals surface area (Å²) < 4.78 is 0. The molecule has 2 aromatic rings. The second kappa shape index (κ2) is 7.79. The molecule has 0 atom stereocenters. The average Bonchev–Trinajstić information content (AvgIpc) is 3.03. The van der Waals surface area contributed by atoms with E-state index in [1.54, 1.807) is 29.5 Å². The lowest BCUT2D eigenvalue weighted by molar-refractivity contribution is -0.114. The second-order valence-electron chi connectivity index (χ2n) is 5.58. The third kappa shape index (κ3) is 3.61. The molecule has 3 rings (SSSR count). The number of fused-ring (bicyclic) bond motifs is 1. The van der Waals surface area contributed by atoms with E-state index in [4.69, 9.17) is 5.73 Å². The normalized spacial score (nSPS) is 13.0. The van der Waals surface area contributed by atoms with Crippen molar-refractivity contribution in [1.82, 2.24) is 4.90 Å². The van der Waals surface area contributed by atoms with E-state index in [1.807, 2.05) is 11.8 Å². The molecule has 0 fully saturated rings. The summed E-state index contributed by atoms with van der Waals surface area (Å²) in [6.45, 7) is 3.14. The van der Waals surface area contributed by atoms with Crippen LogP contribution in [0.2, 0.25) is 0 Å². The van der Waals surface area contributed by atoms with Crippen LogP contribution in [0.1, 0.15) is 26.4 Å². The van der Waals surface area contributed by atoms with E-state index >= 15 is 0 Å². The highest BCUT2D eigenvalue weighted by molar-refractivity contribution is 7.10. The van der Waals surface area contributed by atoms with Crippen molar-refractivity contribution < 1.29 is 9.59 Å². The Morgan fingerprint density at radius 3 is 2.88 bits per heavy atom. The molecule has 0 radical (unpaired) electrons. The zero-order chi connectivity index (χ0) is 16.4. The lowest BCUT2D eigenvalue weighted by Crippen LogP contribution is -2.35. The molecular formula is C17H20ClN3O2S. The number of nitrogens with two attached hydrogens (primary N) is 1. The fourth-order valence-electron chi connectivity index (χ4n) is 2.80. The summed E-state index contributed by atoms with van der Waals surface area (Å²) in [5.41, 5.74) is 8.61. The number of benzene rings is 1. The van der Waals surface area contributed by atoms with E-state index in [1.165, 1.54) is 10.4 Å². The number of amides is 2. The van der Waals surface area contributed by atoms with Crippen LogP contribution >= 0.6 is 23.7 Å². The summed E-state index contributed by atoms with van der Waals surface area (Å²) in [6.07, 6.45) is 0.904. The van der Waals surface area contributed by atoms with Crippen LogP contribution in [0.25, 0.3) is 0 Å². The highest BCUT2D eigenvalue weighted by Crippen LogP contribution is 2.27. The molecule has 1 aromatic carbocycles. The smallest absolute Gasteiger partial charge is 0.254 e. The topological polar surface area (TPSA) is 75.4 Å². The van der Waals surface area contributed by atoms with Crippen molar-refractivity contribution >= 4 is 41.2 Å². The van der Waals surface area contributed by atoms with Crippen molar-refractivity contribution in [2.45, 2.75) is 19.9 Å². The Labute approximate surface area is 151 Å². The van der Waals surface area contributed by atoms with Crippen molar-refractivity contribution in [2.75, 3.05) is 18.4 Å². The van der Waals surface area contributed by atoms with Crippen molar-refractivity contribution in [3.63, 3.8) is 0 Å². The molecule has 0 spiro atoms. The van der Waals surface area contributed by atoms with Crippen LogP contribution < -0.4 is 11.1 Å². The quantitative estimate of drug-likeness (QED) is 0.877. The van der Waals surface area contributed by atoms with Crippen molar-refractivity contribution in [3.05, 3.63) is 51.2 Å². The molecule has 0 bridgehead atoms. The maximum atomic E-state index is 12.9. The number of thiophene rings is 1. The minimum Gasteiger partial charge on any atom is -0.334 e. The Morgan fingerprint density at radius 1 is 1.33 bits per heavy atom. The van der Waals surface area contributed by atoms with Gasteiger partial charge in [-0.25, -0.2) is 0 Å². The molecule has 3 N–H and O–H groups in total. The number of anilines is 1. The molecule has 1 aromatic heterocycles.